The number of amidine groups is 1. The predicted molar refractivity (Wildman–Crippen MR) is 75.1 cm³/mol. The van der Waals surface area contributed by atoms with Crippen LogP contribution in [0.3, 0.4) is 0 Å². The van der Waals surface area contributed by atoms with Crippen LogP contribution in [0.5, 0.6) is 5.75 Å². The Morgan fingerprint density at radius 1 is 1.61 bits per heavy atom. The van der Waals surface area contributed by atoms with E-state index in [0.29, 0.717) is 14.4 Å². The molecule has 0 unspecified atom stereocenters. The van der Waals surface area contributed by atoms with E-state index >= 15 is 0 Å². The number of benzene rings is 1. The highest BCUT2D eigenvalue weighted by Gasteiger charge is 2.07. The minimum atomic E-state index is -2.85. The molecule has 0 aliphatic carbocycles. The summed E-state index contributed by atoms with van der Waals surface area (Å²) in [6.07, 6.45) is 3.54. The van der Waals surface area contributed by atoms with Crippen molar-refractivity contribution < 1.29 is 13.5 Å². The molecule has 1 rings (SSSR count). The van der Waals surface area contributed by atoms with Gasteiger partial charge >= 0.3 is 6.61 Å². The van der Waals surface area contributed by atoms with Crippen molar-refractivity contribution >= 4 is 45.2 Å². The molecular weight excluding hydrogens is 375 g/mol. The summed E-state index contributed by atoms with van der Waals surface area (Å²) in [6.45, 7) is -2.85. The van der Waals surface area contributed by atoms with E-state index in [1.807, 2.05) is 22.6 Å². The average Bonchev–Trinajstić information content (AvgIpc) is 2.30. The number of hydrogen-bond acceptors (Lipinski definition) is 4. The maximum atomic E-state index is 12.0. The first-order valence-electron chi connectivity index (χ1n) is 4.59. The summed E-state index contributed by atoms with van der Waals surface area (Å²) in [5.41, 5.74) is 0.573. The summed E-state index contributed by atoms with van der Waals surface area (Å²) in [7, 11) is 0. The average molecular weight is 383 g/mol. The summed E-state index contributed by atoms with van der Waals surface area (Å²) in [5.74, 6) is 0.0762. The summed E-state index contributed by atoms with van der Waals surface area (Å²) in [5, 5.41) is 11.3. The number of hydrogen-bond donors (Lipinski definition) is 1. The van der Waals surface area contributed by atoms with Crippen molar-refractivity contribution in [3.8, 4) is 11.9 Å². The number of rotatable bonds is 3. The van der Waals surface area contributed by atoms with E-state index in [9.17, 15) is 8.78 Å². The van der Waals surface area contributed by atoms with Crippen molar-refractivity contribution in [1.82, 2.24) is 5.32 Å². The quantitative estimate of drug-likeness (QED) is 0.286. The molecule has 8 heteroatoms. The normalized spacial score (nSPS) is 11.2. The van der Waals surface area contributed by atoms with Crippen molar-refractivity contribution in [2.24, 2.45) is 4.99 Å². The van der Waals surface area contributed by atoms with Gasteiger partial charge < -0.3 is 4.74 Å². The molecule has 0 heterocycles. The van der Waals surface area contributed by atoms with Gasteiger partial charge in [0.2, 0.25) is 0 Å². The van der Waals surface area contributed by atoms with Gasteiger partial charge in [-0.05, 0) is 47.0 Å². The number of thioether (sulfide) groups is 1. The van der Waals surface area contributed by atoms with Crippen molar-refractivity contribution in [2.75, 3.05) is 6.26 Å². The molecule has 0 radical (unpaired) electrons. The Balaban J connectivity index is 2.95. The van der Waals surface area contributed by atoms with Crippen LogP contribution in [-0.2, 0) is 0 Å². The van der Waals surface area contributed by atoms with Crippen LogP contribution in [0.1, 0.15) is 0 Å². The molecule has 0 fully saturated rings. The molecule has 1 N–H and O–H groups in total. The molecule has 0 aliphatic heterocycles. The van der Waals surface area contributed by atoms with Crippen LogP contribution in [0.2, 0.25) is 0 Å². The Kier molecular flexibility index (Phi) is 6.14. The molecule has 4 nitrogen and oxygen atoms in total. The minimum Gasteiger partial charge on any atom is -0.435 e. The Morgan fingerprint density at radius 2 is 2.33 bits per heavy atom. The van der Waals surface area contributed by atoms with E-state index in [1.165, 1.54) is 23.9 Å². The molecule has 0 saturated heterocycles. The van der Waals surface area contributed by atoms with Gasteiger partial charge in [-0.1, -0.05) is 11.8 Å². The highest BCUT2D eigenvalue weighted by Crippen LogP contribution is 2.27. The fourth-order valence-corrected chi connectivity index (χ4v) is 1.98. The van der Waals surface area contributed by atoms with Gasteiger partial charge in [0, 0.05) is 3.57 Å². The van der Waals surface area contributed by atoms with Crippen LogP contribution in [-0.4, -0.2) is 18.0 Å². The standard InChI is InChI=1S/C10H8F2IN3OS/c1-18-10(15-5-14)16-8-3-2-6(4-7(8)13)17-9(11)12/h2-4,9H,1H3,(H,15,16). The van der Waals surface area contributed by atoms with Crippen LogP contribution in [0, 0.1) is 15.0 Å². The van der Waals surface area contributed by atoms with E-state index in [0.717, 1.165) is 0 Å². The number of ether oxygens (including phenoxy) is 1. The molecule has 0 atom stereocenters. The SMILES string of the molecule is CSC(=Nc1ccc(OC(F)F)cc1I)NC#N. The highest BCUT2D eigenvalue weighted by atomic mass is 127. The van der Waals surface area contributed by atoms with Crippen LogP contribution in [0.25, 0.3) is 0 Å². The molecule has 0 aromatic heterocycles. The summed E-state index contributed by atoms with van der Waals surface area (Å²) < 4.78 is 29.0. The number of nitriles is 1. The van der Waals surface area contributed by atoms with E-state index in [-0.39, 0.29) is 5.75 Å². The zero-order chi connectivity index (χ0) is 13.5. The molecule has 0 saturated carbocycles. The molecule has 18 heavy (non-hydrogen) atoms. The van der Waals surface area contributed by atoms with Crippen LogP contribution in [0.15, 0.2) is 23.2 Å². The molecule has 1 aromatic rings. The number of alkyl halides is 2. The van der Waals surface area contributed by atoms with Gasteiger partial charge in [0.25, 0.3) is 0 Å². The van der Waals surface area contributed by atoms with Crippen LogP contribution >= 0.6 is 34.4 Å². The van der Waals surface area contributed by atoms with Gasteiger partial charge in [-0.3, -0.25) is 5.32 Å². The van der Waals surface area contributed by atoms with E-state index in [1.54, 1.807) is 18.5 Å². The van der Waals surface area contributed by atoms with Crippen molar-refractivity contribution in [3.05, 3.63) is 21.8 Å². The molecule has 0 spiro atoms. The maximum absolute atomic E-state index is 12.0. The van der Waals surface area contributed by atoms with Crippen LogP contribution < -0.4 is 10.1 Å². The third-order valence-corrected chi connectivity index (χ3v) is 3.17. The van der Waals surface area contributed by atoms with Gasteiger partial charge in [-0.15, -0.1) is 0 Å². The second-order valence-electron chi connectivity index (χ2n) is 2.85. The first-order chi connectivity index (χ1) is 8.56. The Labute approximate surface area is 121 Å². The number of nitrogens with one attached hydrogen (secondary N) is 1. The summed E-state index contributed by atoms with van der Waals surface area (Å²) in [4.78, 5) is 4.18. The molecule has 0 aliphatic rings. The van der Waals surface area contributed by atoms with Gasteiger partial charge in [-0.2, -0.15) is 14.0 Å². The molecule has 0 bridgehead atoms. The molecule has 1 aromatic carbocycles. The largest absolute Gasteiger partial charge is 0.435 e. The molecular formula is C10H8F2IN3OS. The second kappa shape index (κ2) is 7.38. The van der Waals surface area contributed by atoms with Gasteiger partial charge in [-0.25, -0.2) is 4.99 Å². The smallest absolute Gasteiger partial charge is 0.387 e. The summed E-state index contributed by atoms with van der Waals surface area (Å²) >= 11 is 3.23. The first-order valence-corrected chi connectivity index (χ1v) is 6.89. The first kappa shape index (κ1) is 15.0. The fraction of sp³-hybridized carbons (Fsp3) is 0.200. The second-order valence-corrected chi connectivity index (χ2v) is 4.81. The van der Waals surface area contributed by atoms with E-state index in [2.05, 4.69) is 15.0 Å². The maximum Gasteiger partial charge on any atom is 0.387 e. The lowest BCUT2D eigenvalue weighted by molar-refractivity contribution is -0.0498. The number of halogens is 3. The van der Waals surface area contributed by atoms with Crippen molar-refractivity contribution in [2.45, 2.75) is 6.61 Å². The minimum absolute atomic E-state index is 0.0762. The topological polar surface area (TPSA) is 57.4 Å². The predicted octanol–water partition coefficient (Wildman–Crippen LogP) is 3.31. The van der Waals surface area contributed by atoms with Gasteiger partial charge in [0.05, 0.1) is 5.69 Å². The number of aliphatic imine (C=N–C) groups is 1. The Hall–Kier alpha value is -1.08. The monoisotopic (exact) mass is 383 g/mol. The van der Waals surface area contributed by atoms with E-state index < -0.39 is 6.61 Å². The lowest BCUT2D eigenvalue weighted by Gasteiger charge is -2.06. The Morgan fingerprint density at radius 3 is 2.83 bits per heavy atom. The Bertz CT molecular complexity index is 491. The lowest BCUT2D eigenvalue weighted by Crippen LogP contribution is -2.12. The van der Waals surface area contributed by atoms with Crippen LogP contribution in [0.4, 0.5) is 14.5 Å². The van der Waals surface area contributed by atoms with Gasteiger partial charge in [0.15, 0.2) is 11.4 Å². The van der Waals surface area contributed by atoms with Crippen molar-refractivity contribution in [1.29, 1.82) is 5.26 Å². The zero-order valence-corrected chi connectivity index (χ0v) is 12.1. The van der Waals surface area contributed by atoms with Crippen molar-refractivity contribution in [3.63, 3.8) is 0 Å². The molecule has 96 valence electrons. The third kappa shape index (κ3) is 4.66. The lowest BCUT2D eigenvalue weighted by atomic mass is 10.3. The van der Waals surface area contributed by atoms with Gasteiger partial charge in [0.1, 0.15) is 5.75 Å². The van der Waals surface area contributed by atoms with E-state index in [4.69, 9.17) is 5.26 Å². The highest BCUT2D eigenvalue weighted by molar-refractivity contribution is 14.1. The zero-order valence-electron chi connectivity index (χ0n) is 9.15. The third-order valence-electron chi connectivity index (χ3n) is 1.72. The summed E-state index contributed by atoms with van der Waals surface area (Å²) in [6, 6.07) is 4.40. The number of nitrogens with zero attached hydrogens (tertiary/aromatic N) is 2. The molecule has 0 amide bonds. The fourth-order valence-electron chi connectivity index (χ4n) is 1.04.